The van der Waals surface area contributed by atoms with E-state index in [1.54, 1.807) is 4.90 Å². The molecule has 3 rings (SSSR count). The van der Waals surface area contributed by atoms with Gasteiger partial charge in [0.15, 0.2) is 0 Å². The maximum absolute atomic E-state index is 12.6. The highest BCUT2D eigenvalue weighted by molar-refractivity contribution is 5.85. The Kier molecular flexibility index (Phi) is 4.74. The number of likely N-dealkylation sites (tertiary alicyclic amines) is 1. The number of nitrogens with zero attached hydrogens (tertiary/aromatic N) is 4. The molecule has 2 unspecified atom stereocenters. The van der Waals surface area contributed by atoms with Crippen LogP contribution in [-0.2, 0) is 15.8 Å². The van der Waals surface area contributed by atoms with Crippen molar-refractivity contribution in [3.63, 3.8) is 0 Å². The number of anilines is 1. The predicted octanol–water partition coefficient (Wildman–Crippen LogP) is -0.231. The number of halogens is 3. The molecule has 0 radical (unpaired) electrons. The molecule has 2 amide bonds. The Bertz CT molecular complexity index is 697. The Balaban J connectivity index is 1.76. The molecule has 2 fully saturated rings. The van der Waals surface area contributed by atoms with E-state index in [0.29, 0.717) is 38.3 Å². The van der Waals surface area contributed by atoms with Crippen molar-refractivity contribution < 1.29 is 27.9 Å². The highest BCUT2D eigenvalue weighted by Gasteiger charge is 2.43. The molecule has 8 nitrogen and oxygen atoms in total. The van der Waals surface area contributed by atoms with Crippen LogP contribution in [-0.4, -0.2) is 63.6 Å². The number of amides is 2. The molecule has 2 aliphatic rings. The summed E-state index contributed by atoms with van der Waals surface area (Å²) in [4.78, 5) is 34.4. The van der Waals surface area contributed by atoms with Crippen LogP contribution < -0.4 is 10.6 Å². The predicted molar refractivity (Wildman–Crippen MR) is 82.7 cm³/mol. The van der Waals surface area contributed by atoms with Crippen LogP contribution in [0.5, 0.6) is 0 Å². The first-order valence-electron chi connectivity index (χ1n) is 8.10. The average molecular weight is 373 g/mol. The number of piperidine rings is 1. The summed E-state index contributed by atoms with van der Waals surface area (Å²) in [7, 11) is 0. The standard InChI is InChI=1S/C15H18F3N5O3/c16-15(17,18)8-5-20-14(21-6-8)22-3-1-10(9(7-22)12(19)25)23-4-2-11(24)13(23)26/h5-6,9-11,24H,1-4,7H2,(H2,19,25)/t9?,10?,11-/m1/s1. The summed E-state index contributed by atoms with van der Waals surface area (Å²) in [6, 6.07) is -0.456. The van der Waals surface area contributed by atoms with Crippen molar-refractivity contribution in [2.75, 3.05) is 24.5 Å². The molecule has 1 aromatic heterocycles. The summed E-state index contributed by atoms with van der Waals surface area (Å²) >= 11 is 0. The highest BCUT2D eigenvalue weighted by Crippen LogP contribution is 2.30. The molecule has 142 valence electrons. The van der Waals surface area contributed by atoms with E-state index in [0.717, 1.165) is 0 Å². The van der Waals surface area contributed by atoms with Gasteiger partial charge >= 0.3 is 6.18 Å². The first-order valence-corrected chi connectivity index (χ1v) is 8.10. The third-order valence-corrected chi connectivity index (χ3v) is 4.80. The van der Waals surface area contributed by atoms with Gasteiger partial charge in [-0.1, -0.05) is 0 Å². The fourth-order valence-electron chi connectivity index (χ4n) is 3.42. The molecule has 0 saturated carbocycles. The lowest BCUT2D eigenvalue weighted by Gasteiger charge is -2.41. The van der Waals surface area contributed by atoms with Crippen molar-refractivity contribution in [1.29, 1.82) is 0 Å². The second kappa shape index (κ2) is 6.71. The number of hydrogen-bond acceptors (Lipinski definition) is 6. The van der Waals surface area contributed by atoms with Gasteiger partial charge in [0.2, 0.25) is 11.9 Å². The molecule has 0 bridgehead atoms. The monoisotopic (exact) mass is 373 g/mol. The van der Waals surface area contributed by atoms with Crippen LogP contribution in [0.1, 0.15) is 18.4 Å². The van der Waals surface area contributed by atoms with E-state index < -0.39 is 41.6 Å². The topological polar surface area (TPSA) is 113 Å². The number of aromatic nitrogens is 2. The van der Waals surface area contributed by atoms with Gasteiger partial charge in [-0.3, -0.25) is 9.59 Å². The molecule has 0 aliphatic carbocycles. The number of carbonyl (C=O) groups excluding carboxylic acids is 2. The van der Waals surface area contributed by atoms with Crippen molar-refractivity contribution in [3.8, 4) is 0 Å². The second-order valence-electron chi connectivity index (χ2n) is 6.42. The van der Waals surface area contributed by atoms with Crippen LogP contribution in [0.3, 0.4) is 0 Å². The number of nitrogens with two attached hydrogens (primary N) is 1. The van der Waals surface area contributed by atoms with Crippen LogP contribution in [0.25, 0.3) is 0 Å². The van der Waals surface area contributed by atoms with Gasteiger partial charge in [-0.15, -0.1) is 0 Å². The normalized spacial score (nSPS) is 27.1. The van der Waals surface area contributed by atoms with E-state index in [4.69, 9.17) is 5.73 Å². The van der Waals surface area contributed by atoms with Gasteiger partial charge in [0, 0.05) is 38.1 Å². The third-order valence-electron chi connectivity index (χ3n) is 4.80. The number of carbonyl (C=O) groups is 2. The fourth-order valence-corrected chi connectivity index (χ4v) is 3.42. The van der Waals surface area contributed by atoms with Crippen molar-refractivity contribution in [2.45, 2.75) is 31.2 Å². The number of hydrogen-bond donors (Lipinski definition) is 2. The van der Waals surface area contributed by atoms with Crippen molar-refractivity contribution in [2.24, 2.45) is 11.7 Å². The number of aliphatic hydroxyl groups excluding tert-OH is 1. The Morgan fingerprint density at radius 1 is 1.23 bits per heavy atom. The van der Waals surface area contributed by atoms with E-state index in [1.165, 1.54) is 4.90 Å². The van der Waals surface area contributed by atoms with Gasteiger partial charge in [0.1, 0.15) is 6.10 Å². The molecule has 0 spiro atoms. The quantitative estimate of drug-likeness (QED) is 0.757. The summed E-state index contributed by atoms with van der Waals surface area (Å²) in [6.07, 6.45) is -3.55. The molecule has 2 aliphatic heterocycles. The van der Waals surface area contributed by atoms with Gasteiger partial charge in [-0.25, -0.2) is 9.97 Å². The lowest BCUT2D eigenvalue weighted by atomic mass is 9.90. The molecule has 1 aromatic rings. The van der Waals surface area contributed by atoms with Gasteiger partial charge < -0.3 is 20.6 Å². The maximum atomic E-state index is 12.6. The minimum atomic E-state index is -4.53. The van der Waals surface area contributed by atoms with Crippen molar-refractivity contribution in [3.05, 3.63) is 18.0 Å². The van der Waals surface area contributed by atoms with E-state index in [1.807, 2.05) is 0 Å². The Morgan fingerprint density at radius 3 is 2.38 bits per heavy atom. The number of alkyl halides is 3. The molecular weight excluding hydrogens is 355 g/mol. The Morgan fingerprint density at radius 2 is 1.88 bits per heavy atom. The van der Waals surface area contributed by atoms with Crippen LogP contribution in [0, 0.1) is 5.92 Å². The molecule has 3 heterocycles. The van der Waals surface area contributed by atoms with Crippen LogP contribution >= 0.6 is 0 Å². The molecule has 26 heavy (non-hydrogen) atoms. The Hall–Kier alpha value is -2.43. The molecule has 2 saturated heterocycles. The zero-order chi connectivity index (χ0) is 19.1. The minimum absolute atomic E-state index is 0.0653. The van der Waals surface area contributed by atoms with Gasteiger partial charge in [-0.05, 0) is 12.8 Å². The largest absolute Gasteiger partial charge is 0.419 e. The van der Waals surface area contributed by atoms with Crippen molar-refractivity contribution >= 4 is 17.8 Å². The molecular formula is C15H18F3N5O3. The van der Waals surface area contributed by atoms with E-state index in [-0.39, 0.29) is 12.5 Å². The first kappa shape index (κ1) is 18.4. The van der Waals surface area contributed by atoms with E-state index >= 15 is 0 Å². The number of aliphatic hydroxyl groups is 1. The van der Waals surface area contributed by atoms with Crippen LogP contribution in [0.4, 0.5) is 19.1 Å². The number of rotatable bonds is 3. The van der Waals surface area contributed by atoms with Crippen LogP contribution in [0.15, 0.2) is 12.4 Å². The first-order chi connectivity index (χ1) is 12.2. The molecule has 3 atom stereocenters. The smallest absolute Gasteiger partial charge is 0.383 e. The maximum Gasteiger partial charge on any atom is 0.419 e. The summed E-state index contributed by atoms with van der Waals surface area (Å²) in [5.41, 5.74) is 4.51. The van der Waals surface area contributed by atoms with Crippen molar-refractivity contribution in [1.82, 2.24) is 14.9 Å². The zero-order valence-electron chi connectivity index (χ0n) is 13.7. The highest BCUT2D eigenvalue weighted by atomic mass is 19.4. The molecule has 11 heteroatoms. The Labute approximate surface area is 146 Å². The summed E-state index contributed by atoms with van der Waals surface area (Å²) in [5.74, 6) is -1.72. The summed E-state index contributed by atoms with van der Waals surface area (Å²) < 4.78 is 37.8. The zero-order valence-corrected chi connectivity index (χ0v) is 13.7. The summed E-state index contributed by atoms with van der Waals surface area (Å²) in [6.45, 7) is 0.774. The van der Waals surface area contributed by atoms with E-state index in [2.05, 4.69) is 9.97 Å². The third kappa shape index (κ3) is 3.43. The van der Waals surface area contributed by atoms with Gasteiger partial charge in [-0.2, -0.15) is 13.2 Å². The summed E-state index contributed by atoms with van der Waals surface area (Å²) in [5, 5.41) is 9.62. The lowest BCUT2D eigenvalue weighted by molar-refractivity contribution is -0.139. The lowest BCUT2D eigenvalue weighted by Crippen LogP contribution is -2.56. The SMILES string of the molecule is NC(=O)C1CN(c2ncc(C(F)(F)F)cn2)CCC1N1CC[C@@H](O)C1=O. The van der Waals surface area contributed by atoms with E-state index in [9.17, 15) is 27.9 Å². The minimum Gasteiger partial charge on any atom is -0.383 e. The molecule has 0 aromatic carbocycles. The second-order valence-corrected chi connectivity index (χ2v) is 6.42. The van der Waals surface area contributed by atoms with Crippen LogP contribution in [0.2, 0.25) is 0 Å². The fraction of sp³-hybridized carbons (Fsp3) is 0.600. The van der Waals surface area contributed by atoms with Gasteiger partial charge in [0.05, 0.1) is 11.5 Å². The average Bonchev–Trinajstić information content (AvgIpc) is 2.93. The van der Waals surface area contributed by atoms with Gasteiger partial charge in [0.25, 0.3) is 5.91 Å². The number of primary amides is 1. The molecule has 3 N–H and O–H groups in total.